The molecule has 0 amide bonds. The van der Waals surface area contributed by atoms with Crippen molar-refractivity contribution in [2.75, 3.05) is 18.5 Å². The number of rotatable bonds is 3. The van der Waals surface area contributed by atoms with E-state index in [1.54, 1.807) is 0 Å². The zero-order chi connectivity index (χ0) is 13.2. The topological polar surface area (TPSA) is 41.1 Å². The van der Waals surface area contributed by atoms with Gasteiger partial charge < -0.3 is 10.2 Å². The summed E-state index contributed by atoms with van der Waals surface area (Å²) in [6, 6.07) is 0.698. The first kappa shape index (κ1) is 12.9. The van der Waals surface area contributed by atoms with Gasteiger partial charge in [-0.15, -0.1) is 0 Å². The molecule has 104 valence electrons. The minimum Gasteiger partial charge on any atom is -0.338 e. The Balaban J connectivity index is 1.80. The van der Waals surface area contributed by atoms with Crippen molar-refractivity contribution in [3.05, 3.63) is 17.5 Å². The monoisotopic (exact) mass is 260 g/mol. The van der Waals surface area contributed by atoms with Crippen LogP contribution in [0.4, 0.5) is 5.95 Å². The van der Waals surface area contributed by atoms with E-state index in [1.807, 2.05) is 13.2 Å². The summed E-state index contributed by atoms with van der Waals surface area (Å²) in [5.74, 6) is 1.83. The van der Waals surface area contributed by atoms with E-state index in [0.29, 0.717) is 6.04 Å². The Labute approximate surface area is 115 Å². The van der Waals surface area contributed by atoms with Gasteiger partial charge in [0.05, 0.1) is 0 Å². The van der Waals surface area contributed by atoms with Crippen molar-refractivity contribution in [3.8, 4) is 0 Å². The highest BCUT2D eigenvalue weighted by atomic mass is 15.3. The fourth-order valence-electron chi connectivity index (χ4n) is 3.64. The van der Waals surface area contributed by atoms with Gasteiger partial charge in [0.2, 0.25) is 5.95 Å². The number of hydrogen-bond acceptors (Lipinski definition) is 4. The quantitative estimate of drug-likeness (QED) is 0.905. The Bertz CT molecular complexity index is 446. The molecule has 3 rings (SSSR count). The highest BCUT2D eigenvalue weighted by Gasteiger charge is 2.36. The summed E-state index contributed by atoms with van der Waals surface area (Å²) in [6.07, 6.45) is 8.82. The van der Waals surface area contributed by atoms with Crippen LogP contribution >= 0.6 is 0 Å². The Morgan fingerprint density at radius 3 is 2.95 bits per heavy atom. The van der Waals surface area contributed by atoms with E-state index < -0.39 is 0 Å². The SMILES string of the molecule is CNCc1cnc(N2CCC3CCCCC32)nc1C. The van der Waals surface area contributed by atoms with Crippen molar-refractivity contribution >= 4 is 5.95 Å². The van der Waals surface area contributed by atoms with Crippen LogP contribution in [0.5, 0.6) is 0 Å². The summed E-state index contributed by atoms with van der Waals surface area (Å²) in [5, 5.41) is 3.17. The first-order valence-electron chi connectivity index (χ1n) is 7.53. The van der Waals surface area contributed by atoms with Gasteiger partial charge in [0.25, 0.3) is 0 Å². The lowest BCUT2D eigenvalue weighted by molar-refractivity contribution is 0.340. The molecule has 2 unspecified atom stereocenters. The number of aromatic nitrogens is 2. The molecule has 4 nitrogen and oxygen atoms in total. The van der Waals surface area contributed by atoms with Crippen LogP contribution in [0.3, 0.4) is 0 Å². The van der Waals surface area contributed by atoms with Crippen LogP contribution in [-0.2, 0) is 6.54 Å². The summed E-state index contributed by atoms with van der Waals surface area (Å²) in [7, 11) is 1.96. The number of fused-ring (bicyclic) bond motifs is 1. The summed E-state index contributed by atoms with van der Waals surface area (Å²) >= 11 is 0. The van der Waals surface area contributed by atoms with Crippen LogP contribution < -0.4 is 10.2 Å². The maximum atomic E-state index is 4.74. The second kappa shape index (κ2) is 5.45. The second-order valence-corrected chi connectivity index (χ2v) is 5.90. The Hall–Kier alpha value is -1.16. The van der Waals surface area contributed by atoms with Gasteiger partial charge >= 0.3 is 0 Å². The van der Waals surface area contributed by atoms with Crippen LogP contribution in [0.25, 0.3) is 0 Å². The smallest absolute Gasteiger partial charge is 0.225 e. The molecular weight excluding hydrogens is 236 g/mol. The normalized spacial score (nSPS) is 26.5. The molecule has 1 aromatic rings. The number of nitrogens with zero attached hydrogens (tertiary/aromatic N) is 3. The average Bonchev–Trinajstić information content (AvgIpc) is 2.85. The standard InChI is InChI=1S/C15H24N4/c1-11-13(9-16-2)10-17-15(18-11)19-8-7-12-5-3-4-6-14(12)19/h10,12,14,16H,3-9H2,1-2H3. The zero-order valence-corrected chi connectivity index (χ0v) is 12.0. The highest BCUT2D eigenvalue weighted by molar-refractivity contribution is 5.36. The van der Waals surface area contributed by atoms with Gasteiger partial charge in [-0.1, -0.05) is 12.8 Å². The molecule has 2 atom stereocenters. The highest BCUT2D eigenvalue weighted by Crippen LogP contribution is 2.37. The predicted molar refractivity (Wildman–Crippen MR) is 77.2 cm³/mol. The number of hydrogen-bond donors (Lipinski definition) is 1. The molecule has 4 heteroatoms. The molecule has 1 aliphatic carbocycles. The largest absolute Gasteiger partial charge is 0.338 e. The average molecular weight is 260 g/mol. The fraction of sp³-hybridized carbons (Fsp3) is 0.733. The summed E-state index contributed by atoms with van der Waals surface area (Å²) in [4.78, 5) is 11.8. The Morgan fingerprint density at radius 2 is 2.16 bits per heavy atom. The van der Waals surface area contributed by atoms with E-state index in [1.165, 1.54) is 37.7 Å². The minimum atomic E-state index is 0.698. The van der Waals surface area contributed by atoms with Crippen LogP contribution in [0, 0.1) is 12.8 Å². The molecule has 1 saturated heterocycles. The third-order valence-corrected chi connectivity index (χ3v) is 4.70. The maximum absolute atomic E-state index is 4.74. The molecule has 1 aliphatic heterocycles. The van der Waals surface area contributed by atoms with Gasteiger partial charge in [-0.3, -0.25) is 0 Å². The molecule has 0 aromatic carbocycles. The number of anilines is 1. The van der Waals surface area contributed by atoms with Gasteiger partial charge in [-0.25, -0.2) is 9.97 Å². The second-order valence-electron chi connectivity index (χ2n) is 5.90. The summed E-state index contributed by atoms with van der Waals surface area (Å²) < 4.78 is 0. The van der Waals surface area contributed by atoms with Crippen molar-refractivity contribution < 1.29 is 0 Å². The number of aryl methyl sites for hydroxylation is 1. The minimum absolute atomic E-state index is 0.698. The molecule has 0 bridgehead atoms. The van der Waals surface area contributed by atoms with E-state index in [0.717, 1.165) is 30.6 Å². The molecule has 1 saturated carbocycles. The maximum Gasteiger partial charge on any atom is 0.225 e. The van der Waals surface area contributed by atoms with E-state index >= 15 is 0 Å². The van der Waals surface area contributed by atoms with Crippen LogP contribution in [0.15, 0.2) is 6.20 Å². The third kappa shape index (κ3) is 2.46. The van der Waals surface area contributed by atoms with E-state index in [4.69, 9.17) is 4.98 Å². The fourth-order valence-corrected chi connectivity index (χ4v) is 3.64. The van der Waals surface area contributed by atoms with E-state index in [-0.39, 0.29) is 0 Å². The Kier molecular flexibility index (Phi) is 3.69. The van der Waals surface area contributed by atoms with Gasteiger partial charge in [-0.2, -0.15) is 0 Å². The van der Waals surface area contributed by atoms with Gasteiger partial charge in [0, 0.05) is 36.6 Å². The summed E-state index contributed by atoms with van der Waals surface area (Å²) in [5.41, 5.74) is 2.31. The molecule has 1 N–H and O–H groups in total. The lowest BCUT2D eigenvalue weighted by atomic mass is 9.85. The summed E-state index contributed by atoms with van der Waals surface area (Å²) in [6.45, 7) is 4.07. The van der Waals surface area contributed by atoms with Crippen molar-refractivity contribution in [2.24, 2.45) is 5.92 Å². The molecule has 2 heterocycles. The predicted octanol–water partition coefficient (Wildman–Crippen LogP) is 2.27. The van der Waals surface area contributed by atoms with Crippen LogP contribution in [0.2, 0.25) is 0 Å². The number of nitrogens with one attached hydrogen (secondary N) is 1. The molecule has 1 aromatic heterocycles. The zero-order valence-electron chi connectivity index (χ0n) is 12.0. The molecule has 19 heavy (non-hydrogen) atoms. The third-order valence-electron chi connectivity index (χ3n) is 4.70. The van der Waals surface area contributed by atoms with E-state index in [2.05, 4.69) is 22.1 Å². The van der Waals surface area contributed by atoms with Crippen LogP contribution in [-0.4, -0.2) is 29.6 Å². The first-order valence-corrected chi connectivity index (χ1v) is 7.53. The molecule has 2 aliphatic rings. The molecule has 0 spiro atoms. The van der Waals surface area contributed by atoms with Gasteiger partial charge in [-0.05, 0) is 39.2 Å². The molecule has 2 fully saturated rings. The van der Waals surface area contributed by atoms with Crippen molar-refractivity contribution in [1.82, 2.24) is 15.3 Å². The van der Waals surface area contributed by atoms with Crippen LogP contribution in [0.1, 0.15) is 43.4 Å². The molecule has 0 radical (unpaired) electrons. The first-order chi connectivity index (χ1) is 9.29. The van der Waals surface area contributed by atoms with Crippen molar-refractivity contribution in [2.45, 2.75) is 51.6 Å². The van der Waals surface area contributed by atoms with Gasteiger partial charge in [0.1, 0.15) is 0 Å². The lowest BCUT2D eigenvalue weighted by Crippen LogP contribution is -2.36. The lowest BCUT2D eigenvalue weighted by Gasteiger charge is -2.31. The molecular formula is C15H24N4. The van der Waals surface area contributed by atoms with E-state index in [9.17, 15) is 0 Å². The van der Waals surface area contributed by atoms with Crippen molar-refractivity contribution in [3.63, 3.8) is 0 Å². The Morgan fingerprint density at radius 1 is 1.32 bits per heavy atom. The van der Waals surface area contributed by atoms with Crippen molar-refractivity contribution in [1.29, 1.82) is 0 Å². The van der Waals surface area contributed by atoms with Gasteiger partial charge in [0.15, 0.2) is 0 Å².